The normalized spacial score (nSPS) is 19.3. The molecule has 0 aliphatic carbocycles. The summed E-state index contributed by atoms with van der Waals surface area (Å²) in [6.07, 6.45) is 4.37. The Hall–Kier alpha value is -0.840. The largest absolute Gasteiger partial charge is 0.377 e. The van der Waals surface area contributed by atoms with Crippen molar-refractivity contribution in [2.75, 3.05) is 24.6 Å². The van der Waals surface area contributed by atoms with Crippen LogP contribution in [0.15, 0.2) is 12.3 Å². The highest BCUT2D eigenvalue weighted by Crippen LogP contribution is 2.24. The number of anilines is 1. The van der Waals surface area contributed by atoms with Crippen LogP contribution in [0.5, 0.6) is 0 Å². The Morgan fingerprint density at radius 3 is 3.05 bits per heavy atom. The molecule has 0 spiro atoms. The average molecular weight is 312 g/mol. The second-order valence-corrected chi connectivity index (χ2v) is 6.24. The second kappa shape index (κ2) is 7.97. The first kappa shape index (κ1) is 16.5. The summed E-state index contributed by atoms with van der Waals surface area (Å²) < 4.78 is 5.76. The van der Waals surface area contributed by atoms with Crippen molar-refractivity contribution in [3.05, 3.63) is 22.8 Å². The molecule has 21 heavy (non-hydrogen) atoms. The number of hydrogen-bond donors (Lipinski definition) is 1. The molecule has 1 aromatic heterocycles. The lowest BCUT2D eigenvalue weighted by molar-refractivity contribution is 0.0525. The first-order valence-corrected chi connectivity index (χ1v) is 8.22. The standard InChI is InChI=1S/C16H26ClN3O/c1-4-21-14-6-5-7-20(11-14)16-8-13(9-18-12(2)3)15(17)10-19-16/h8,10,12,14,18H,4-7,9,11H2,1-3H3. The highest BCUT2D eigenvalue weighted by Gasteiger charge is 2.21. The molecule has 1 fully saturated rings. The van der Waals surface area contributed by atoms with Crippen LogP contribution in [0.25, 0.3) is 0 Å². The van der Waals surface area contributed by atoms with E-state index in [0.29, 0.717) is 12.1 Å². The predicted octanol–water partition coefficient (Wildman–Crippen LogP) is 3.24. The van der Waals surface area contributed by atoms with Crippen LogP contribution in [0.4, 0.5) is 5.82 Å². The molecule has 0 aromatic carbocycles. The summed E-state index contributed by atoms with van der Waals surface area (Å²) in [5, 5.41) is 4.13. The van der Waals surface area contributed by atoms with Gasteiger partial charge in [0.1, 0.15) is 5.82 Å². The summed E-state index contributed by atoms with van der Waals surface area (Å²) >= 11 is 6.25. The molecule has 1 aromatic rings. The average Bonchev–Trinajstić information content (AvgIpc) is 2.47. The number of ether oxygens (including phenoxy) is 1. The molecule has 1 atom stereocenters. The maximum absolute atomic E-state index is 6.25. The molecule has 1 aliphatic rings. The van der Waals surface area contributed by atoms with Crippen LogP contribution in [-0.2, 0) is 11.3 Å². The summed E-state index contributed by atoms with van der Waals surface area (Å²) in [5.74, 6) is 1.00. The van der Waals surface area contributed by atoms with Crippen LogP contribution in [0.1, 0.15) is 39.2 Å². The number of nitrogens with zero attached hydrogens (tertiary/aromatic N) is 2. The molecule has 2 rings (SSSR count). The molecule has 1 N–H and O–H groups in total. The van der Waals surface area contributed by atoms with Crippen LogP contribution in [0.2, 0.25) is 5.02 Å². The van der Waals surface area contributed by atoms with E-state index in [4.69, 9.17) is 16.3 Å². The zero-order chi connectivity index (χ0) is 15.2. The molecule has 0 amide bonds. The van der Waals surface area contributed by atoms with E-state index >= 15 is 0 Å². The minimum atomic E-state index is 0.318. The Bertz CT molecular complexity index is 451. The monoisotopic (exact) mass is 311 g/mol. The van der Waals surface area contributed by atoms with Crippen molar-refractivity contribution in [2.24, 2.45) is 0 Å². The number of piperidine rings is 1. The lowest BCUT2D eigenvalue weighted by Crippen LogP contribution is -2.40. The van der Waals surface area contributed by atoms with E-state index in [-0.39, 0.29) is 0 Å². The molecule has 0 saturated carbocycles. The molecule has 1 unspecified atom stereocenters. The molecule has 0 bridgehead atoms. The van der Waals surface area contributed by atoms with Crippen molar-refractivity contribution < 1.29 is 4.74 Å². The molecular weight excluding hydrogens is 286 g/mol. The smallest absolute Gasteiger partial charge is 0.128 e. The van der Waals surface area contributed by atoms with Crippen molar-refractivity contribution in [3.63, 3.8) is 0 Å². The van der Waals surface area contributed by atoms with Gasteiger partial charge in [0, 0.05) is 38.5 Å². The Balaban J connectivity index is 2.06. The summed E-state index contributed by atoms with van der Waals surface area (Å²) in [4.78, 5) is 6.80. The van der Waals surface area contributed by atoms with Crippen LogP contribution in [-0.4, -0.2) is 36.8 Å². The quantitative estimate of drug-likeness (QED) is 0.875. The van der Waals surface area contributed by atoms with E-state index in [9.17, 15) is 0 Å². The zero-order valence-corrected chi connectivity index (χ0v) is 14.0. The molecule has 0 radical (unpaired) electrons. The lowest BCUT2D eigenvalue weighted by Gasteiger charge is -2.33. The van der Waals surface area contributed by atoms with E-state index in [1.807, 2.05) is 0 Å². The van der Waals surface area contributed by atoms with Gasteiger partial charge in [0.05, 0.1) is 11.1 Å². The van der Waals surface area contributed by atoms with Crippen molar-refractivity contribution in [1.29, 1.82) is 0 Å². The van der Waals surface area contributed by atoms with Gasteiger partial charge in [0.25, 0.3) is 0 Å². The number of aromatic nitrogens is 1. The Kier molecular flexibility index (Phi) is 6.27. The number of rotatable bonds is 6. The Morgan fingerprint density at radius 1 is 1.52 bits per heavy atom. The third kappa shape index (κ3) is 4.83. The number of pyridine rings is 1. The first-order chi connectivity index (χ1) is 10.1. The van der Waals surface area contributed by atoms with Crippen LogP contribution >= 0.6 is 11.6 Å². The molecule has 1 aliphatic heterocycles. The molecule has 2 heterocycles. The molecular formula is C16H26ClN3O. The summed E-state index contributed by atoms with van der Waals surface area (Å²) in [5.41, 5.74) is 1.11. The van der Waals surface area contributed by atoms with Gasteiger partial charge in [-0.2, -0.15) is 0 Å². The van der Waals surface area contributed by atoms with Gasteiger partial charge >= 0.3 is 0 Å². The molecule has 5 heteroatoms. The van der Waals surface area contributed by atoms with E-state index in [1.54, 1.807) is 6.20 Å². The van der Waals surface area contributed by atoms with E-state index in [2.05, 4.69) is 42.0 Å². The predicted molar refractivity (Wildman–Crippen MR) is 88.1 cm³/mol. The minimum absolute atomic E-state index is 0.318. The van der Waals surface area contributed by atoms with Gasteiger partial charge < -0.3 is 15.0 Å². The van der Waals surface area contributed by atoms with Gasteiger partial charge in [-0.1, -0.05) is 25.4 Å². The maximum Gasteiger partial charge on any atom is 0.128 e. The van der Waals surface area contributed by atoms with Crippen LogP contribution < -0.4 is 10.2 Å². The third-order valence-electron chi connectivity index (χ3n) is 3.73. The van der Waals surface area contributed by atoms with Crippen molar-refractivity contribution in [2.45, 2.75) is 52.3 Å². The van der Waals surface area contributed by atoms with E-state index in [0.717, 1.165) is 55.5 Å². The van der Waals surface area contributed by atoms with Crippen LogP contribution in [0.3, 0.4) is 0 Å². The van der Waals surface area contributed by atoms with Gasteiger partial charge in [-0.3, -0.25) is 0 Å². The number of nitrogens with one attached hydrogen (secondary N) is 1. The maximum atomic E-state index is 6.25. The topological polar surface area (TPSA) is 37.4 Å². The fourth-order valence-corrected chi connectivity index (χ4v) is 2.78. The van der Waals surface area contributed by atoms with Gasteiger partial charge in [-0.15, -0.1) is 0 Å². The number of halogens is 1. The molecule has 118 valence electrons. The fourth-order valence-electron chi connectivity index (χ4n) is 2.61. The van der Waals surface area contributed by atoms with Crippen molar-refractivity contribution >= 4 is 17.4 Å². The molecule has 4 nitrogen and oxygen atoms in total. The summed E-state index contributed by atoms with van der Waals surface area (Å²) in [6, 6.07) is 2.54. The van der Waals surface area contributed by atoms with Crippen LogP contribution in [0, 0.1) is 0 Å². The van der Waals surface area contributed by atoms with E-state index < -0.39 is 0 Å². The van der Waals surface area contributed by atoms with E-state index in [1.165, 1.54) is 0 Å². The first-order valence-electron chi connectivity index (χ1n) is 7.84. The third-order valence-corrected chi connectivity index (χ3v) is 4.07. The highest BCUT2D eigenvalue weighted by atomic mass is 35.5. The summed E-state index contributed by atoms with van der Waals surface area (Å²) in [7, 11) is 0. The SMILES string of the molecule is CCOC1CCCN(c2cc(CNC(C)C)c(Cl)cn2)C1. The van der Waals surface area contributed by atoms with Gasteiger partial charge in [-0.05, 0) is 31.4 Å². The fraction of sp³-hybridized carbons (Fsp3) is 0.688. The Labute approximate surface area is 132 Å². The summed E-state index contributed by atoms with van der Waals surface area (Å²) in [6.45, 7) is 9.81. The van der Waals surface area contributed by atoms with Crippen molar-refractivity contribution in [1.82, 2.24) is 10.3 Å². The van der Waals surface area contributed by atoms with Gasteiger partial charge in [0.2, 0.25) is 0 Å². The highest BCUT2D eigenvalue weighted by molar-refractivity contribution is 6.31. The molecule has 1 saturated heterocycles. The van der Waals surface area contributed by atoms with Gasteiger partial charge in [0.15, 0.2) is 0 Å². The Morgan fingerprint density at radius 2 is 2.33 bits per heavy atom. The minimum Gasteiger partial charge on any atom is -0.377 e. The lowest BCUT2D eigenvalue weighted by atomic mass is 10.1. The zero-order valence-electron chi connectivity index (χ0n) is 13.2. The number of hydrogen-bond acceptors (Lipinski definition) is 4. The van der Waals surface area contributed by atoms with Crippen molar-refractivity contribution in [3.8, 4) is 0 Å². The second-order valence-electron chi connectivity index (χ2n) is 5.84. The van der Waals surface area contributed by atoms with Gasteiger partial charge in [-0.25, -0.2) is 4.98 Å².